The van der Waals surface area contributed by atoms with Gasteiger partial charge in [0.05, 0.1) is 19.6 Å². The third-order valence-electron chi connectivity index (χ3n) is 7.03. The zero-order chi connectivity index (χ0) is 20.8. The third kappa shape index (κ3) is 4.18. The molecular weight excluding hydrogens is 450 g/mol. The summed E-state index contributed by atoms with van der Waals surface area (Å²) in [5.74, 6) is 2.13. The molecule has 1 aliphatic heterocycles. The molecule has 1 heterocycles. The van der Waals surface area contributed by atoms with Crippen LogP contribution >= 0.6 is 15.9 Å². The van der Waals surface area contributed by atoms with Gasteiger partial charge in [0.25, 0.3) is 5.91 Å². The number of esters is 1. The van der Waals surface area contributed by atoms with E-state index in [0.29, 0.717) is 36.8 Å². The number of alkyl halides is 1. The van der Waals surface area contributed by atoms with E-state index in [1.54, 1.807) is 18.2 Å². The number of hydrogen-bond donors (Lipinski definition) is 1. The second kappa shape index (κ2) is 7.74. The molecule has 4 aliphatic carbocycles. The SMILES string of the molecule is O=C(COC(=O)CC12CC3CC(CC(Br)(C3)C1)C2)Nc1ccc2c(c1)OCCCO2. The fraction of sp³-hybridized carbons (Fsp3) is 0.652. The molecule has 1 amide bonds. The van der Waals surface area contributed by atoms with Crippen LogP contribution in [0.4, 0.5) is 5.69 Å². The molecular formula is C23H28BrNO5. The molecule has 1 aromatic carbocycles. The predicted molar refractivity (Wildman–Crippen MR) is 115 cm³/mol. The van der Waals surface area contributed by atoms with Crippen molar-refractivity contribution in [2.75, 3.05) is 25.1 Å². The minimum Gasteiger partial charge on any atom is -0.490 e. The average molecular weight is 478 g/mol. The van der Waals surface area contributed by atoms with Gasteiger partial charge in [0.15, 0.2) is 18.1 Å². The number of benzene rings is 1. The topological polar surface area (TPSA) is 73.9 Å². The molecule has 5 aliphatic rings. The minimum absolute atomic E-state index is 0.0511. The molecule has 6 rings (SSSR count). The smallest absolute Gasteiger partial charge is 0.306 e. The second-order valence-electron chi connectivity index (χ2n) is 9.71. The minimum atomic E-state index is -0.347. The number of carbonyl (C=O) groups excluding carboxylic acids is 2. The van der Waals surface area contributed by atoms with Gasteiger partial charge in [-0.3, -0.25) is 9.59 Å². The third-order valence-corrected chi connectivity index (χ3v) is 7.95. The quantitative estimate of drug-likeness (QED) is 0.500. The highest BCUT2D eigenvalue weighted by atomic mass is 79.9. The van der Waals surface area contributed by atoms with Crippen LogP contribution in [-0.2, 0) is 14.3 Å². The lowest BCUT2D eigenvalue weighted by Gasteiger charge is -2.60. The van der Waals surface area contributed by atoms with Crippen molar-refractivity contribution >= 4 is 33.5 Å². The maximum absolute atomic E-state index is 12.6. The molecule has 0 saturated heterocycles. The normalized spacial score (nSPS) is 33.6. The van der Waals surface area contributed by atoms with Gasteiger partial charge >= 0.3 is 5.97 Å². The van der Waals surface area contributed by atoms with Gasteiger partial charge in [0.1, 0.15) is 0 Å². The predicted octanol–water partition coefficient (Wildman–Crippen LogP) is 4.45. The van der Waals surface area contributed by atoms with Crippen molar-refractivity contribution in [3.63, 3.8) is 0 Å². The molecule has 2 unspecified atom stereocenters. The molecule has 2 atom stereocenters. The maximum Gasteiger partial charge on any atom is 0.306 e. The Kier molecular flexibility index (Phi) is 5.20. The second-order valence-corrected chi connectivity index (χ2v) is 11.4. The van der Waals surface area contributed by atoms with Gasteiger partial charge in [-0.2, -0.15) is 0 Å². The number of fused-ring (bicyclic) bond motifs is 1. The molecule has 162 valence electrons. The van der Waals surface area contributed by atoms with E-state index in [1.165, 1.54) is 19.3 Å². The van der Waals surface area contributed by atoms with Gasteiger partial charge in [0.2, 0.25) is 0 Å². The van der Waals surface area contributed by atoms with Crippen molar-refractivity contribution in [2.45, 2.75) is 55.7 Å². The van der Waals surface area contributed by atoms with Crippen molar-refractivity contribution in [3.8, 4) is 11.5 Å². The Balaban J connectivity index is 1.14. The number of carbonyl (C=O) groups is 2. The molecule has 6 nitrogen and oxygen atoms in total. The molecule has 0 radical (unpaired) electrons. The number of rotatable bonds is 5. The molecule has 1 aromatic rings. The summed E-state index contributed by atoms with van der Waals surface area (Å²) in [4.78, 5) is 24.9. The van der Waals surface area contributed by atoms with E-state index in [-0.39, 0.29) is 28.2 Å². The molecule has 7 heteroatoms. The summed E-state index contributed by atoms with van der Waals surface area (Å²) in [6.07, 6.45) is 8.31. The summed E-state index contributed by atoms with van der Waals surface area (Å²) >= 11 is 3.98. The van der Waals surface area contributed by atoms with E-state index in [9.17, 15) is 9.59 Å². The van der Waals surface area contributed by atoms with Crippen LogP contribution in [0.5, 0.6) is 11.5 Å². The summed E-state index contributed by atoms with van der Waals surface area (Å²) in [6, 6.07) is 5.29. The summed E-state index contributed by atoms with van der Waals surface area (Å²) in [5, 5.41) is 2.77. The van der Waals surface area contributed by atoms with Gasteiger partial charge in [-0.05, 0) is 67.9 Å². The van der Waals surface area contributed by atoms with Crippen molar-refractivity contribution in [1.29, 1.82) is 0 Å². The standard InChI is InChI=1S/C23H28BrNO5/c24-23-10-15-6-16(11-23)9-22(8-15,14-23)12-21(27)30-13-20(26)25-17-2-3-18-19(7-17)29-5-1-4-28-18/h2-3,7,15-16H,1,4-6,8-14H2,(H,25,26). The molecule has 4 bridgehead atoms. The van der Waals surface area contributed by atoms with Crippen molar-refractivity contribution in [1.82, 2.24) is 0 Å². The van der Waals surface area contributed by atoms with Gasteiger partial charge in [-0.15, -0.1) is 0 Å². The summed E-state index contributed by atoms with van der Waals surface area (Å²) in [5.41, 5.74) is 0.651. The first-order chi connectivity index (χ1) is 14.4. The van der Waals surface area contributed by atoms with Gasteiger partial charge < -0.3 is 19.5 Å². The van der Waals surface area contributed by atoms with Crippen LogP contribution in [0.25, 0.3) is 0 Å². The highest BCUT2D eigenvalue weighted by molar-refractivity contribution is 9.10. The number of hydrogen-bond acceptors (Lipinski definition) is 5. The molecule has 4 saturated carbocycles. The largest absolute Gasteiger partial charge is 0.490 e. The molecule has 0 spiro atoms. The number of anilines is 1. The van der Waals surface area contributed by atoms with Crippen LogP contribution in [0.15, 0.2) is 18.2 Å². The van der Waals surface area contributed by atoms with Crippen molar-refractivity contribution < 1.29 is 23.8 Å². The van der Waals surface area contributed by atoms with Crippen LogP contribution in [0, 0.1) is 17.3 Å². The van der Waals surface area contributed by atoms with Crippen LogP contribution in [0.2, 0.25) is 0 Å². The Morgan fingerprint density at radius 1 is 1.10 bits per heavy atom. The summed E-state index contributed by atoms with van der Waals surface area (Å²) < 4.78 is 16.8. The highest BCUT2D eigenvalue weighted by Crippen LogP contribution is 2.65. The van der Waals surface area contributed by atoms with E-state index in [4.69, 9.17) is 14.2 Å². The molecule has 30 heavy (non-hydrogen) atoms. The van der Waals surface area contributed by atoms with Crippen LogP contribution < -0.4 is 14.8 Å². The van der Waals surface area contributed by atoms with Gasteiger partial charge in [0, 0.05) is 22.5 Å². The number of ether oxygens (including phenoxy) is 3. The van der Waals surface area contributed by atoms with Crippen molar-refractivity contribution in [3.05, 3.63) is 18.2 Å². The zero-order valence-electron chi connectivity index (χ0n) is 17.1. The first-order valence-electron chi connectivity index (χ1n) is 10.9. The van der Waals surface area contributed by atoms with Crippen LogP contribution in [0.3, 0.4) is 0 Å². The number of nitrogens with one attached hydrogen (secondary N) is 1. The van der Waals surface area contributed by atoms with Gasteiger partial charge in [-0.25, -0.2) is 0 Å². The lowest BCUT2D eigenvalue weighted by atomic mass is 9.49. The summed E-state index contributed by atoms with van der Waals surface area (Å²) in [6.45, 7) is 0.935. The molecule has 1 N–H and O–H groups in total. The Labute approximate surface area is 185 Å². The number of amides is 1. The lowest BCUT2D eigenvalue weighted by molar-refractivity contribution is -0.153. The molecule has 0 aromatic heterocycles. The Morgan fingerprint density at radius 2 is 1.83 bits per heavy atom. The van der Waals surface area contributed by atoms with E-state index in [0.717, 1.165) is 37.5 Å². The number of halogens is 1. The monoisotopic (exact) mass is 477 g/mol. The van der Waals surface area contributed by atoms with E-state index >= 15 is 0 Å². The fourth-order valence-corrected chi connectivity index (χ4v) is 7.99. The molecule has 4 fully saturated rings. The Bertz CT molecular complexity index is 842. The lowest BCUT2D eigenvalue weighted by Crippen LogP contribution is -2.53. The van der Waals surface area contributed by atoms with E-state index < -0.39 is 0 Å². The van der Waals surface area contributed by atoms with Crippen LogP contribution in [-0.4, -0.2) is 36.0 Å². The first kappa shape index (κ1) is 20.2. The maximum atomic E-state index is 12.6. The Hall–Kier alpha value is -1.76. The van der Waals surface area contributed by atoms with E-state index in [1.807, 2.05) is 0 Å². The van der Waals surface area contributed by atoms with E-state index in [2.05, 4.69) is 21.2 Å². The van der Waals surface area contributed by atoms with Crippen molar-refractivity contribution in [2.24, 2.45) is 17.3 Å². The highest BCUT2D eigenvalue weighted by Gasteiger charge is 2.57. The van der Waals surface area contributed by atoms with Crippen LogP contribution in [0.1, 0.15) is 51.4 Å². The Morgan fingerprint density at radius 3 is 2.57 bits per heavy atom. The fourth-order valence-electron chi connectivity index (χ4n) is 6.48. The average Bonchev–Trinajstić information content (AvgIpc) is 2.89. The zero-order valence-corrected chi connectivity index (χ0v) is 18.7. The first-order valence-corrected chi connectivity index (χ1v) is 11.7. The summed E-state index contributed by atoms with van der Waals surface area (Å²) in [7, 11) is 0. The van der Waals surface area contributed by atoms with Gasteiger partial charge in [-0.1, -0.05) is 15.9 Å².